The van der Waals surface area contributed by atoms with E-state index in [1.165, 1.54) is 6.07 Å². The van der Waals surface area contributed by atoms with Gasteiger partial charge in [0.15, 0.2) is 0 Å². The molecule has 0 N–H and O–H groups in total. The van der Waals surface area contributed by atoms with Crippen molar-refractivity contribution in [1.82, 2.24) is 9.97 Å². The van der Waals surface area contributed by atoms with Gasteiger partial charge in [0.05, 0.1) is 22.3 Å². The van der Waals surface area contributed by atoms with Gasteiger partial charge in [-0.2, -0.15) is 0 Å². The topological polar surface area (TPSA) is 38.1 Å². The predicted molar refractivity (Wildman–Crippen MR) is 98.8 cm³/mol. The molecule has 4 heteroatoms. The van der Waals surface area contributed by atoms with Crippen LogP contribution in [0.3, 0.4) is 0 Å². The number of aromatic nitrogens is 2. The highest BCUT2D eigenvalue weighted by molar-refractivity contribution is 6.15. The van der Waals surface area contributed by atoms with Crippen molar-refractivity contribution in [2.75, 3.05) is 0 Å². The highest BCUT2D eigenvalue weighted by Gasteiger charge is 2.36. The number of nitrogens with zero attached hydrogens (tertiary/aromatic N) is 3. The molecule has 126 valence electrons. The molecule has 0 fully saturated rings. The molecule has 1 aliphatic heterocycles. The summed E-state index contributed by atoms with van der Waals surface area (Å²) in [6.07, 6.45) is 3.38. The fourth-order valence-corrected chi connectivity index (χ4v) is 3.60. The third-order valence-corrected chi connectivity index (χ3v) is 5.34. The first kappa shape index (κ1) is 15.9. The first-order chi connectivity index (χ1) is 11.9. The fraction of sp³-hybridized carbons (Fsp3) is 0.286. The highest BCUT2D eigenvalue weighted by atomic mass is 19.1. The molecular formula is C21H20FN3. The van der Waals surface area contributed by atoms with Gasteiger partial charge < -0.3 is 0 Å². The SMILES string of the molecule is Cc1c(F)ccc2c1C(C)C(C)(C)N=C2c1ccc2nccnc2c1. The average Bonchev–Trinajstić information content (AvgIpc) is 2.60. The molecule has 0 saturated carbocycles. The standard InChI is InChI=1S/C21H20FN3/c1-12-16(22)7-6-15-19(12)13(2)21(3,4)25-20(15)14-5-8-17-18(11-14)24-10-9-23-17/h5-11,13H,1-4H3. The molecule has 4 rings (SSSR count). The van der Waals surface area contributed by atoms with E-state index in [2.05, 4.69) is 30.7 Å². The smallest absolute Gasteiger partial charge is 0.126 e. The predicted octanol–water partition coefficient (Wildman–Crippen LogP) is 4.81. The number of halogens is 1. The molecule has 0 spiro atoms. The summed E-state index contributed by atoms with van der Waals surface area (Å²) in [4.78, 5) is 13.8. The normalized spacial score (nSPS) is 18.8. The Bertz CT molecular complexity index is 1020. The maximum Gasteiger partial charge on any atom is 0.126 e. The van der Waals surface area contributed by atoms with E-state index < -0.39 is 0 Å². The highest BCUT2D eigenvalue weighted by Crippen LogP contribution is 2.41. The molecule has 3 nitrogen and oxygen atoms in total. The largest absolute Gasteiger partial charge is 0.277 e. The lowest BCUT2D eigenvalue weighted by Gasteiger charge is -2.36. The van der Waals surface area contributed by atoms with Gasteiger partial charge >= 0.3 is 0 Å². The number of rotatable bonds is 1. The van der Waals surface area contributed by atoms with Crippen molar-refractivity contribution in [3.8, 4) is 0 Å². The minimum Gasteiger partial charge on any atom is -0.277 e. The summed E-state index contributed by atoms with van der Waals surface area (Å²) < 4.78 is 14.2. The first-order valence-corrected chi connectivity index (χ1v) is 8.49. The second-order valence-corrected chi connectivity index (χ2v) is 7.23. The van der Waals surface area contributed by atoms with Gasteiger partial charge in [0, 0.05) is 29.4 Å². The molecule has 0 radical (unpaired) electrons. The molecule has 2 aromatic carbocycles. The number of aliphatic imine (C=N–C) groups is 1. The van der Waals surface area contributed by atoms with Crippen molar-refractivity contribution in [3.05, 3.63) is 70.8 Å². The average molecular weight is 333 g/mol. The summed E-state index contributed by atoms with van der Waals surface area (Å²) in [5.41, 5.74) is 6.03. The van der Waals surface area contributed by atoms with Crippen LogP contribution >= 0.6 is 0 Å². The molecule has 0 saturated heterocycles. The second-order valence-electron chi connectivity index (χ2n) is 7.23. The second kappa shape index (κ2) is 5.45. The Kier molecular flexibility index (Phi) is 3.46. The molecule has 0 aliphatic carbocycles. The minimum absolute atomic E-state index is 0.141. The van der Waals surface area contributed by atoms with Crippen LogP contribution in [0.1, 0.15) is 48.9 Å². The Hall–Kier alpha value is -2.62. The summed E-state index contributed by atoms with van der Waals surface area (Å²) in [6.45, 7) is 8.19. The maximum atomic E-state index is 14.2. The van der Waals surface area contributed by atoms with Gasteiger partial charge in [-0.15, -0.1) is 0 Å². The lowest BCUT2D eigenvalue weighted by atomic mass is 9.75. The Morgan fingerprint density at radius 1 is 1.00 bits per heavy atom. The van der Waals surface area contributed by atoms with E-state index in [1.807, 2.05) is 31.2 Å². The number of benzene rings is 2. The van der Waals surface area contributed by atoms with Crippen LogP contribution in [0.5, 0.6) is 0 Å². The first-order valence-electron chi connectivity index (χ1n) is 8.49. The Morgan fingerprint density at radius 3 is 2.48 bits per heavy atom. The van der Waals surface area contributed by atoms with Gasteiger partial charge in [0.2, 0.25) is 0 Å². The van der Waals surface area contributed by atoms with Crippen LogP contribution in [0.2, 0.25) is 0 Å². The van der Waals surface area contributed by atoms with E-state index in [1.54, 1.807) is 12.4 Å². The van der Waals surface area contributed by atoms with Crippen molar-refractivity contribution < 1.29 is 4.39 Å². The third kappa shape index (κ3) is 2.44. The minimum atomic E-state index is -0.307. The van der Waals surface area contributed by atoms with Crippen molar-refractivity contribution in [2.45, 2.75) is 39.2 Å². The Balaban J connectivity index is 1.98. The van der Waals surface area contributed by atoms with Gasteiger partial charge in [0.1, 0.15) is 5.82 Å². The monoisotopic (exact) mass is 333 g/mol. The van der Waals surface area contributed by atoms with Crippen molar-refractivity contribution in [2.24, 2.45) is 4.99 Å². The zero-order valence-corrected chi connectivity index (χ0v) is 14.8. The van der Waals surface area contributed by atoms with Crippen molar-refractivity contribution in [3.63, 3.8) is 0 Å². The summed E-state index contributed by atoms with van der Waals surface area (Å²) >= 11 is 0. The van der Waals surface area contributed by atoms with Crippen LogP contribution in [0.25, 0.3) is 11.0 Å². The molecule has 0 bridgehead atoms. The van der Waals surface area contributed by atoms with Crippen LogP contribution in [0, 0.1) is 12.7 Å². The van der Waals surface area contributed by atoms with Gasteiger partial charge in [0.25, 0.3) is 0 Å². The number of hydrogen-bond donors (Lipinski definition) is 0. The summed E-state index contributed by atoms with van der Waals surface area (Å²) in [5, 5.41) is 0. The van der Waals surface area contributed by atoms with Gasteiger partial charge in [-0.25, -0.2) is 4.39 Å². The molecule has 1 aliphatic rings. The number of fused-ring (bicyclic) bond motifs is 2. The quantitative estimate of drug-likeness (QED) is 0.641. The Labute approximate surface area is 146 Å². The van der Waals surface area contributed by atoms with Gasteiger partial charge in [-0.3, -0.25) is 15.0 Å². The fourth-order valence-electron chi connectivity index (χ4n) is 3.60. The Morgan fingerprint density at radius 2 is 1.72 bits per heavy atom. The van der Waals surface area contributed by atoms with Crippen molar-refractivity contribution in [1.29, 1.82) is 0 Å². The van der Waals surface area contributed by atoms with Gasteiger partial charge in [-0.05, 0) is 56.2 Å². The van der Waals surface area contributed by atoms with Crippen LogP contribution in [-0.4, -0.2) is 21.2 Å². The van der Waals surface area contributed by atoms with E-state index in [-0.39, 0.29) is 17.3 Å². The van der Waals surface area contributed by atoms with E-state index >= 15 is 0 Å². The molecule has 0 amide bonds. The van der Waals surface area contributed by atoms with Crippen LogP contribution in [-0.2, 0) is 0 Å². The van der Waals surface area contributed by atoms with Gasteiger partial charge in [-0.1, -0.05) is 13.0 Å². The third-order valence-electron chi connectivity index (χ3n) is 5.34. The number of hydrogen-bond acceptors (Lipinski definition) is 3. The molecule has 1 atom stereocenters. The summed E-state index contributed by atoms with van der Waals surface area (Å²) in [5.74, 6) is -0.0192. The molecular weight excluding hydrogens is 313 g/mol. The summed E-state index contributed by atoms with van der Waals surface area (Å²) in [7, 11) is 0. The van der Waals surface area contributed by atoms with Crippen LogP contribution < -0.4 is 0 Å². The zero-order chi connectivity index (χ0) is 17.8. The lowest BCUT2D eigenvalue weighted by molar-refractivity contribution is 0.428. The van der Waals surface area contributed by atoms with E-state index in [0.717, 1.165) is 33.4 Å². The molecule has 1 aromatic heterocycles. The maximum absolute atomic E-state index is 14.2. The molecule has 1 unspecified atom stereocenters. The molecule has 3 aromatic rings. The van der Waals surface area contributed by atoms with E-state index in [0.29, 0.717) is 5.56 Å². The summed E-state index contributed by atoms with van der Waals surface area (Å²) in [6, 6.07) is 9.38. The van der Waals surface area contributed by atoms with Crippen LogP contribution in [0.15, 0.2) is 47.7 Å². The lowest BCUT2D eigenvalue weighted by Crippen LogP contribution is -2.33. The van der Waals surface area contributed by atoms with Crippen LogP contribution in [0.4, 0.5) is 4.39 Å². The zero-order valence-electron chi connectivity index (χ0n) is 14.8. The molecule has 25 heavy (non-hydrogen) atoms. The molecule has 2 heterocycles. The van der Waals surface area contributed by atoms with E-state index in [9.17, 15) is 4.39 Å². The van der Waals surface area contributed by atoms with E-state index in [4.69, 9.17) is 4.99 Å². The van der Waals surface area contributed by atoms with Crippen molar-refractivity contribution >= 4 is 16.7 Å².